The maximum absolute atomic E-state index is 11.7. The van der Waals surface area contributed by atoms with E-state index in [0.29, 0.717) is 13.0 Å². The van der Waals surface area contributed by atoms with E-state index in [1.54, 1.807) is 12.4 Å². The van der Waals surface area contributed by atoms with Gasteiger partial charge in [-0.2, -0.15) is 0 Å². The van der Waals surface area contributed by atoms with E-state index in [4.69, 9.17) is 0 Å². The average molecular weight is 288 g/mol. The number of hydrogen-bond acceptors (Lipinski definition) is 4. The molecule has 1 aromatic rings. The molecule has 3 N–H and O–H groups in total. The lowest BCUT2D eigenvalue weighted by Crippen LogP contribution is -2.29. The number of aryl methyl sites for hydroxylation is 1. The number of sulfonamides is 1. The maximum atomic E-state index is 11.7. The van der Waals surface area contributed by atoms with Gasteiger partial charge in [0.25, 0.3) is 0 Å². The summed E-state index contributed by atoms with van der Waals surface area (Å²) in [7, 11) is -3.13. The highest BCUT2D eigenvalue weighted by atomic mass is 32.2. The largest absolute Gasteiger partial charge is 0.349 e. The van der Waals surface area contributed by atoms with E-state index < -0.39 is 10.0 Å². The van der Waals surface area contributed by atoms with E-state index in [-0.39, 0.29) is 5.75 Å². The van der Waals surface area contributed by atoms with Crippen molar-refractivity contribution in [1.82, 2.24) is 20.0 Å². The zero-order valence-electron chi connectivity index (χ0n) is 11.5. The van der Waals surface area contributed by atoms with Crippen LogP contribution in [0.15, 0.2) is 12.4 Å². The zero-order chi connectivity index (χ0) is 14.0. The number of H-pyrrole nitrogens is 1. The Morgan fingerprint density at radius 1 is 1.26 bits per heavy atom. The first kappa shape index (κ1) is 16.1. The smallest absolute Gasteiger partial charge is 0.211 e. The Balaban J connectivity index is 2.06. The molecule has 0 radical (unpaired) electrons. The second-order valence-electron chi connectivity index (χ2n) is 4.46. The molecular weight excluding hydrogens is 264 g/mol. The molecule has 0 unspecified atom stereocenters. The van der Waals surface area contributed by atoms with Gasteiger partial charge in [-0.15, -0.1) is 0 Å². The second kappa shape index (κ2) is 9.06. The monoisotopic (exact) mass is 288 g/mol. The Bertz CT molecular complexity index is 417. The normalized spacial score (nSPS) is 11.8. The highest BCUT2D eigenvalue weighted by Crippen LogP contribution is 1.95. The number of nitrogens with zero attached hydrogens (tertiary/aromatic N) is 1. The van der Waals surface area contributed by atoms with Gasteiger partial charge in [-0.3, -0.25) is 0 Å². The molecule has 0 aliphatic rings. The summed E-state index contributed by atoms with van der Waals surface area (Å²) < 4.78 is 25.9. The van der Waals surface area contributed by atoms with Crippen molar-refractivity contribution in [1.29, 1.82) is 0 Å². The van der Waals surface area contributed by atoms with Crippen LogP contribution in [0, 0.1) is 0 Å². The third-order valence-electron chi connectivity index (χ3n) is 2.66. The molecule has 1 aromatic heterocycles. The lowest BCUT2D eigenvalue weighted by Gasteiger charge is -2.06. The first-order valence-electron chi connectivity index (χ1n) is 6.80. The highest BCUT2D eigenvalue weighted by molar-refractivity contribution is 7.89. The Morgan fingerprint density at radius 2 is 2.11 bits per heavy atom. The summed E-state index contributed by atoms with van der Waals surface area (Å²) in [6.45, 7) is 4.24. The third kappa shape index (κ3) is 7.97. The van der Waals surface area contributed by atoms with Gasteiger partial charge in [-0.05, 0) is 32.4 Å². The second-order valence-corrected chi connectivity index (χ2v) is 6.38. The summed E-state index contributed by atoms with van der Waals surface area (Å²) >= 11 is 0. The van der Waals surface area contributed by atoms with Crippen molar-refractivity contribution in [3.05, 3.63) is 18.2 Å². The number of nitrogens with one attached hydrogen (secondary N) is 3. The Morgan fingerprint density at radius 3 is 2.79 bits per heavy atom. The average Bonchev–Trinajstić information content (AvgIpc) is 2.87. The highest BCUT2D eigenvalue weighted by Gasteiger charge is 2.08. The number of aromatic amines is 1. The Kier molecular flexibility index (Phi) is 7.69. The summed E-state index contributed by atoms with van der Waals surface area (Å²) in [5.74, 6) is 1.08. The topological polar surface area (TPSA) is 86.9 Å². The molecule has 1 heterocycles. The summed E-state index contributed by atoms with van der Waals surface area (Å²) in [6, 6.07) is 0. The maximum Gasteiger partial charge on any atom is 0.211 e. The van der Waals surface area contributed by atoms with Crippen molar-refractivity contribution < 1.29 is 8.42 Å². The summed E-state index contributed by atoms with van der Waals surface area (Å²) in [4.78, 5) is 7.08. The molecule has 110 valence electrons. The van der Waals surface area contributed by atoms with Gasteiger partial charge in [0.15, 0.2) is 0 Å². The van der Waals surface area contributed by atoms with Crippen molar-refractivity contribution in [2.75, 3.05) is 25.4 Å². The fourth-order valence-corrected chi connectivity index (χ4v) is 2.80. The van der Waals surface area contributed by atoms with Crippen LogP contribution < -0.4 is 10.0 Å². The van der Waals surface area contributed by atoms with E-state index in [9.17, 15) is 8.42 Å². The van der Waals surface area contributed by atoms with Gasteiger partial charge in [0.05, 0.1) is 5.75 Å². The van der Waals surface area contributed by atoms with Gasteiger partial charge in [0.1, 0.15) is 5.82 Å². The van der Waals surface area contributed by atoms with Crippen LogP contribution in [-0.2, 0) is 16.4 Å². The molecule has 0 aliphatic heterocycles. The SMILES string of the molecule is CCCNCCCS(=O)(=O)NCCCc1ncc[nH]1. The fraction of sp³-hybridized carbons (Fsp3) is 0.750. The molecule has 19 heavy (non-hydrogen) atoms. The van der Waals surface area contributed by atoms with Crippen LogP contribution in [0.1, 0.15) is 32.0 Å². The summed E-state index contributed by atoms with van der Waals surface area (Å²) in [5.41, 5.74) is 0. The Hall–Kier alpha value is -0.920. The minimum Gasteiger partial charge on any atom is -0.349 e. The molecule has 1 rings (SSSR count). The fourth-order valence-electron chi connectivity index (χ4n) is 1.68. The van der Waals surface area contributed by atoms with Crippen molar-refractivity contribution in [2.24, 2.45) is 0 Å². The predicted octanol–water partition coefficient (Wildman–Crippen LogP) is 0.651. The van der Waals surface area contributed by atoms with Crippen LogP contribution in [0.5, 0.6) is 0 Å². The first-order chi connectivity index (χ1) is 9.14. The molecule has 0 saturated carbocycles. The number of aromatic nitrogens is 2. The molecule has 0 aromatic carbocycles. The number of rotatable bonds is 11. The predicted molar refractivity (Wildman–Crippen MR) is 76.5 cm³/mol. The molecular formula is C12H24N4O2S. The van der Waals surface area contributed by atoms with Gasteiger partial charge in [-0.1, -0.05) is 6.92 Å². The van der Waals surface area contributed by atoms with Gasteiger partial charge in [-0.25, -0.2) is 18.1 Å². The van der Waals surface area contributed by atoms with Crippen LogP contribution >= 0.6 is 0 Å². The summed E-state index contributed by atoms with van der Waals surface area (Å²) in [6.07, 6.45) is 6.69. The van der Waals surface area contributed by atoms with E-state index in [1.807, 2.05) is 0 Å². The van der Waals surface area contributed by atoms with Crippen LogP contribution in [0.2, 0.25) is 0 Å². The molecule has 6 nitrogen and oxygen atoms in total. The lowest BCUT2D eigenvalue weighted by molar-refractivity contribution is 0.571. The van der Waals surface area contributed by atoms with Crippen molar-refractivity contribution in [2.45, 2.75) is 32.6 Å². The van der Waals surface area contributed by atoms with Crippen LogP contribution in [0.3, 0.4) is 0 Å². The van der Waals surface area contributed by atoms with Gasteiger partial charge in [0, 0.05) is 25.4 Å². The number of imidazole rings is 1. The summed E-state index contributed by atoms with van der Waals surface area (Å²) in [5, 5.41) is 3.19. The van der Waals surface area contributed by atoms with Crippen molar-refractivity contribution in [3.63, 3.8) is 0 Å². The molecule has 0 amide bonds. The molecule has 7 heteroatoms. The molecule has 0 atom stereocenters. The molecule has 0 saturated heterocycles. The standard InChI is InChI=1S/C12H24N4O2S/c1-2-6-13-7-4-11-19(17,18)16-8-3-5-12-14-9-10-15-12/h9-10,13,16H,2-8,11H2,1H3,(H,14,15). The number of hydrogen-bond donors (Lipinski definition) is 3. The van der Waals surface area contributed by atoms with Crippen LogP contribution in [0.4, 0.5) is 0 Å². The van der Waals surface area contributed by atoms with E-state index >= 15 is 0 Å². The molecule has 0 spiro atoms. The van der Waals surface area contributed by atoms with Gasteiger partial charge in [0.2, 0.25) is 10.0 Å². The van der Waals surface area contributed by atoms with E-state index in [1.165, 1.54) is 0 Å². The van der Waals surface area contributed by atoms with Crippen LogP contribution in [-0.4, -0.2) is 43.8 Å². The zero-order valence-corrected chi connectivity index (χ0v) is 12.3. The third-order valence-corrected chi connectivity index (χ3v) is 4.13. The quantitative estimate of drug-likeness (QED) is 0.522. The van der Waals surface area contributed by atoms with Gasteiger partial charge < -0.3 is 10.3 Å². The molecule has 0 fully saturated rings. The van der Waals surface area contributed by atoms with Crippen molar-refractivity contribution >= 4 is 10.0 Å². The molecule has 0 bridgehead atoms. The van der Waals surface area contributed by atoms with Gasteiger partial charge >= 0.3 is 0 Å². The van der Waals surface area contributed by atoms with Crippen LogP contribution in [0.25, 0.3) is 0 Å². The molecule has 0 aliphatic carbocycles. The van der Waals surface area contributed by atoms with Crippen molar-refractivity contribution in [3.8, 4) is 0 Å². The minimum atomic E-state index is -3.13. The minimum absolute atomic E-state index is 0.185. The van der Waals surface area contributed by atoms with E-state index in [0.717, 1.165) is 38.2 Å². The lowest BCUT2D eigenvalue weighted by atomic mass is 10.3. The Labute approximate surface area is 115 Å². The van der Waals surface area contributed by atoms with E-state index in [2.05, 4.69) is 26.9 Å². The first-order valence-corrected chi connectivity index (χ1v) is 8.45.